The molecule has 200 valence electrons. The molecule has 0 saturated carbocycles. The molecule has 10 N–H and O–H groups in total. The van der Waals surface area contributed by atoms with Gasteiger partial charge in [0, 0.05) is 6.92 Å². The first-order valence-corrected chi connectivity index (χ1v) is 11.7. The van der Waals surface area contributed by atoms with Crippen molar-refractivity contribution >= 4 is 35.4 Å². The minimum absolute atomic E-state index is 0.348. The Hall–Kier alpha value is -3.22. The van der Waals surface area contributed by atoms with E-state index in [1.165, 1.54) is 6.92 Å². The lowest BCUT2D eigenvalue weighted by Crippen LogP contribution is -2.60. The Kier molecular flexibility index (Phi) is 14.2. The van der Waals surface area contributed by atoms with Gasteiger partial charge in [0.2, 0.25) is 35.4 Å². The molecule has 0 fully saturated rings. The largest absolute Gasteiger partial charge is 0.370 e. The van der Waals surface area contributed by atoms with E-state index in [-0.39, 0.29) is 11.8 Å². The Morgan fingerprint density at radius 2 is 1.17 bits per heavy atom. The summed E-state index contributed by atoms with van der Waals surface area (Å²) >= 11 is 0. The third-order valence-electron chi connectivity index (χ3n) is 5.20. The second-order valence-electron chi connectivity index (χ2n) is 9.13. The number of rotatable bonds is 16. The maximum absolute atomic E-state index is 13.1. The fraction of sp³-hybridized carbons (Fsp3) is 0.727. The standard InChI is InChI=1S/C22H41N7O6/c1-11(2)17(21(34)27-15(19(25)32)10-16(24)31)29-22(35)18(12(3)4)28-20(33)14(26-13(5)30)8-6-7-9-23/h11-12,14-15,17-18H,6-10,23H2,1-5H3,(H2,24,31)(H2,25,32)(H,26,30)(H,27,34)(H,28,33)(H,29,35)/t14-,15-,17-,18-/m0/s1. The van der Waals surface area contributed by atoms with Crippen LogP contribution in [0.15, 0.2) is 0 Å². The number of nitrogens with one attached hydrogen (secondary N) is 4. The second-order valence-corrected chi connectivity index (χ2v) is 9.13. The molecule has 0 rings (SSSR count). The molecule has 0 aromatic rings. The Morgan fingerprint density at radius 3 is 1.57 bits per heavy atom. The summed E-state index contributed by atoms with van der Waals surface area (Å²) in [5, 5.41) is 10.2. The van der Waals surface area contributed by atoms with Gasteiger partial charge in [0.05, 0.1) is 6.42 Å². The smallest absolute Gasteiger partial charge is 0.243 e. The Labute approximate surface area is 206 Å². The molecular weight excluding hydrogens is 458 g/mol. The number of primary amides is 2. The van der Waals surface area contributed by atoms with E-state index >= 15 is 0 Å². The Bertz CT molecular complexity index is 771. The highest BCUT2D eigenvalue weighted by Crippen LogP contribution is 2.09. The molecule has 0 spiro atoms. The first-order chi connectivity index (χ1) is 16.2. The van der Waals surface area contributed by atoms with Gasteiger partial charge in [-0.2, -0.15) is 0 Å². The molecular formula is C22H41N7O6. The van der Waals surface area contributed by atoms with Crippen LogP contribution >= 0.6 is 0 Å². The highest BCUT2D eigenvalue weighted by molar-refractivity contribution is 5.96. The van der Waals surface area contributed by atoms with Crippen LogP contribution in [0, 0.1) is 11.8 Å². The van der Waals surface area contributed by atoms with E-state index in [2.05, 4.69) is 21.3 Å². The van der Waals surface area contributed by atoms with Crippen molar-refractivity contribution in [2.75, 3.05) is 6.54 Å². The van der Waals surface area contributed by atoms with Crippen molar-refractivity contribution in [1.29, 1.82) is 0 Å². The maximum Gasteiger partial charge on any atom is 0.243 e. The van der Waals surface area contributed by atoms with Crippen LogP contribution < -0.4 is 38.5 Å². The van der Waals surface area contributed by atoms with Crippen molar-refractivity contribution < 1.29 is 28.8 Å². The van der Waals surface area contributed by atoms with Gasteiger partial charge in [-0.05, 0) is 37.6 Å². The fourth-order valence-corrected chi connectivity index (χ4v) is 3.26. The van der Waals surface area contributed by atoms with Crippen LogP contribution in [-0.2, 0) is 28.8 Å². The van der Waals surface area contributed by atoms with Gasteiger partial charge in [0.25, 0.3) is 0 Å². The minimum Gasteiger partial charge on any atom is -0.370 e. The van der Waals surface area contributed by atoms with Crippen LogP contribution in [-0.4, -0.2) is 66.2 Å². The molecule has 0 heterocycles. The number of hydrogen-bond donors (Lipinski definition) is 7. The summed E-state index contributed by atoms with van der Waals surface area (Å²) in [6.07, 6.45) is 1.14. The number of hydrogen-bond acceptors (Lipinski definition) is 7. The van der Waals surface area contributed by atoms with Gasteiger partial charge in [-0.1, -0.05) is 27.7 Å². The zero-order valence-corrected chi connectivity index (χ0v) is 21.2. The monoisotopic (exact) mass is 499 g/mol. The normalized spacial score (nSPS) is 14.4. The number of nitrogens with two attached hydrogens (primary N) is 3. The second kappa shape index (κ2) is 15.6. The van der Waals surface area contributed by atoms with Crippen molar-refractivity contribution in [2.45, 2.75) is 84.5 Å². The molecule has 4 atom stereocenters. The summed E-state index contributed by atoms with van der Waals surface area (Å²) < 4.78 is 0. The lowest BCUT2D eigenvalue weighted by atomic mass is 9.98. The van der Waals surface area contributed by atoms with Crippen LogP contribution in [0.1, 0.15) is 60.3 Å². The number of unbranched alkanes of at least 4 members (excludes halogenated alkanes) is 1. The molecule has 0 aromatic heterocycles. The van der Waals surface area contributed by atoms with Gasteiger partial charge in [0.15, 0.2) is 0 Å². The number of carbonyl (C=O) groups is 6. The van der Waals surface area contributed by atoms with Crippen molar-refractivity contribution in [2.24, 2.45) is 29.0 Å². The predicted octanol–water partition coefficient (Wildman–Crippen LogP) is -2.25. The molecule has 0 aliphatic heterocycles. The molecule has 6 amide bonds. The van der Waals surface area contributed by atoms with E-state index in [1.807, 2.05) is 0 Å². The summed E-state index contributed by atoms with van der Waals surface area (Å²) in [6.45, 7) is 8.51. The topological polar surface area (TPSA) is 229 Å². The van der Waals surface area contributed by atoms with Crippen molar-refractivity contribution in [3.8, 4) is 0 Å². The average molecular weight is 500 g/mol. The molecule has 0 aliphatic rings. The lowest BCUT2D eigenvalue weighted by molar-refractivity contribution is -0.136. The van der Waals surface area contributed by atoms with Crippen LogP contribution in [0.3, 0.4) is 0 Å². The van der Waals surface area contributed by atoms with Gasteiger partial charge < -0.3 is 38.5 Å². The third-order valence-corrected chi connectivity index (χ3v) is 5.20. The van der Waals surface area contributed by atoms with Gasteiger partial charge in [-0.15, -0.1) is 0 Å². The number of carbonyl (C=O) groups excluding carboxylic acids is 6. The quantitative estimate of drug-likeness (QED) is 0.115. The van der Waals surface area contributed by atoms with Crippen LogP contribution in [0.4, 0.5) is 0 Å². The van der Waals surface area contributed by atoms with Crippen molar-refractivity contribution in [3.63, 3.8) is 0 Å². The SMILES string of the molecule is CC(=O)N[C@@H](CCCCN)C(=O)N[C@H](C(=O)N[C@H](C(=O)N[C@@H](CC(N)=O)C(N)=O)C(C)C)C(C)C. The van der Waals surface area contributed by atoms with Gasteiger partial charge in [-0.3, -0.25) is 28.8 Å². The van der Waals surface area contributed by atoms with E-state index in [0.717, 1.165) is 0 Å². The van der Waals surface area contributed by atoms with Crippen LogP contribution in [0.25, 0.3) is 0 Å². The van der Waals surface area contributed by atoms with Crippen LogP contribution in [0.2, 0.25) is 0 Å². The first kappa shape index (κ1) is 31.8. The summed E-state index contributed by atoms with van der Waals surface area (Å²) in [4.78, 5) is 73.0. The zero-order chi connectivity index (χ0) is 27.3. The van der Waals surface area contributed by atoms with E-state index in [4.69, 9.17) is 17.2 Å². The summed E-state index contributed by atoms with van der Waals surface area (Å²) in [5.41, 5.74) is 15.8. The van der Waals surface area contributed by atoms with E-state index in [1.54, 1.807) is 27.7 Å². The maximum atomic E-state index is 13.1. The molecule has 0 radical (unpaired) electrons. The van der Waals surface area contributed by atoms with Crippen LogP contribution in [0.5, 0.6) is 0 Å². The van der Waals surface area contributed by atoms with E-state index in [9.17, 15) is 28.8 Å². The molecule has 0 unspecified atom stereocenters. The third kappa shape index (κ3) is 12.2. The molecule has 35 heavy (non-hydrogen) atoms. The first-order valence-electron chi connectivity index (χ1n) is 11.7. The van der Waals surface area contributed by atoms with Crippen molar-refractivity contribution in [3.05, 3.63) is 0 Å². The fourth-order valence-electron chi connectivity index (χ4n) is 3.26. The predicted molar refractivity (Wildman–Crippen MR) is 129 cm³/mol. The average Bonchev–Trinajstić information content (AvgIpc) is 2.73. The summed E-state index contributed by atoms with van der Waals surface area (Å²) in [7, 11) is 0. The molecule has 0 saturated heterocycles. The summed E-state index contributed by atoms with van der Waals surface area (Å²) in [5.74, 6) is -4.83. The Morgan fingerprint density at radius 1 is 0.686 bits per heavy atom. The zero-order valence-electron chi connectivity index (χ0n) is 21.2. The molecule has 0 aromatic carbocycles. The van der Waals surface area contributed by atoms with E-state index in [0.29, 0.717) is 25.8 Å². The van der Waals surface area contributed by atoms with Gasteiger partial charge in [-0.25, -0.2) is 0 Å². The van der Waals surface area contributed by atoms with Crippen molar-refractivity contribution in [1.82, 2.24) is 21.3 Å². The number of amides is 6. The van der Waals surface area contributed by atoms with Gasteiger partial charge >= 0.3 is 0 Å². The minimum atomic E-state index is -1.33. The molecule has 13 nitrogen and oxygen atoms in total. The highest BCUT2D eigenvalue weighted by Gasteiger charge is 2.33. The molecule has 0 bridgehead atoms. The molecule has 0 aliphatic carbocycles. The lowest BCUT2D eigenvalue weighted by Gasteiger charge is -2.29. The Balaban J connectivity index is 5.52. The van der Waals surface area contributed by atoms with E-state index < -0.39 is 66.0 Å². The van der Waals surface area contributed by atoms with Gasteiger partial charge in [0.1, 0.15) is 24.2 Å². The molecule has 13 heteroatoms. The highest BCUT2D eigenvalue weighted by atomic mass is 16.2. The summed E-state index contributed by atoms with van der Waals surface area (Å²) in [6, 6.07) is -4.28.